The molecule has 2 aromatic rings. The largest absolute Gasteiger partial charge is 0.398 e. The van der Waals surface area contributed by atoms with E-state index in [1.165, 1.54) is 6.07 Å². The Balaban J connectivity index is 1.97. The predicted molar refractivity (Wildman–Crippen MR) is 99.4 cm³/mol. The molecular weight excluding hydrogens is 348 g/mol. The molecule has 1 heterocycles. The Morgan fingerprint density at radius 1 is 1.25 bits per heavy atom. The average molecular weight is 368 g/mol. The first kappa shape index (κ1) is 17.3. The lowest BCUT2D eigenvalue weighted by Crippen LogP contribution is -2.37. The smallest absolute Gasteiger partial charge is 0.129 e. The van der Waals surface area contributed by atoms with Gasteiger partial charge in [-0.15, -0.1) is 0 Å². The zero-order valence-corrected chi connectivity index (χ0v) is 15.0. The zero-order chi connectivity index (χ0) is 17.3. The Hall–Kier alpha value is -1.49. The molecule has 0 aromatic heterocycles. The van der Waals surface area contributed by atoms with Gasteiger partial charge < -0.3 is 15.5 Å². The topological polar surface area (TPSA) is 32.5 Å². The van der Waals surface area contributed by atoms with E-state index in [2.05, 4.69) is 16.8 Å². The quantitative estimate of drug-likeness (QED) is 0.811. The summed E-state index contributed by atoms with van der Waals surface area (Å²) in [6, 6.07) is 10.6. The molecule has 0 aliphatic carbocycles. The van der Waals surface area contributed by atoms with Crippen LogP contribution >= 0.6 is 23.2 Å². The van der Waals surface area contributed by atoms with Crippen molar-refractivity contribution in [3.8, 4) is 0 Å². The van der Waals surface area contributed by atoms with Crippen LogP contribution in [0, 0.1) is 5.82 Å². The molecule has 128 valence electrons. The fraction of sp³-hybridized carbons (Fsp3) is 0.333. The van der Waals surface area contributed by atoms with E-state index in [0.29, 0.717) is 27.8 Å². The van der Waals surface area contributed by atoms with Crippen LogP contribution in [-0.2, 0) is 6.54 Å². The molecule has 2 aromatic carbocycles. The maximum atomic E-state index is 14.3. The summed E-state index contributed by atoms with van der Waals surface area (Å²) >= 11 is 12.4. The van der Waals surface area contributed by atoms with Crippen molar-refractivity contribution in [3.63, 3.8) is 0 Å². The van der Waals surface area contributed by atoms with Crippen LogP contribution in [0.2, 0.25) is 10.0 Å². The van der Waals surface area contributed by atoms with Gasteiger partial charge >= 0.3 is 0 Å². The summed E-state index contributed by atoms with van der Waals surface area (Å²) in [6.07, 6.45) is 1.00. The molecule has 24 heavy (non-hydrogen) atoms. The Bertz CT molecular complexity index is 718. The van der Waals surface area contributed by atoms with E-state index >= 15 is 0 Å². The minimum atomic E-state index is -0.291. The van der Waals surface area contributed by atoms with Crippen LogP contribution < -0.4 is 10.6 Å². The number of hydrogen-bond donors (Lipinski definition) is 1. The highest BCUT2D eigenvalue weighted by Crippen LogP contribution is 2.31. The summed E-state index contributed by atoms with van der Waals surface area (Å²) in [5, 5.41) is 0.941. The number of rotatable bonds is 4. The third kappa shape index (κ3) is 3.61. The Morgan fingerprint density at radius 3 is 2.67 bits per heavy atom. The monoisotopic (exact) mass is 367 g/mol. The van der Waals surface area contributed by atoms with Gasteiger partial charge in [-0.05, 0) is 50.3 Å². The lowest BCUT2D eigenvalue weighted by Gasteiger charge is -2.32. The maximum Gasteiger partial charge on any atom is 0.129 e. The molecule has 3 rings (SSSR count). The van der Waals surface area contributed by atoms with E-state index in [4.69, 9.17) is 28.9 Å². The van der Waals surface area contributed by atoms with Crippen LogP contribution in [0.4, 0.5) is 15.8 Å². The second-order valence-electron chi connectivity index (χ2n) is 6.24. The highest BCUT2D eigenvalue weighted by Gasteiger charge is 2.27. The molecule has 3 nitrogen and oxygen atoms in total. The number of likely N-dealkylation sites (tertiary alicyclic amines) is 1. The first-order valence-electron chi connectivity index (χ1n) is 7.89. The highest BCUT2D eigenvalue weighted by molar-refractivity contribution is 6.33. The van der Waals surface area contributed by atoms with Gasteiger partial charge in [0.2, 0.25) is 0 Å². The summed E-state index contributed by atoms with van der Waals surface area (Å²) in [5.74, 6) is -0.291. The fourth-order valence-corrected chi connectivity index (χ4v) is 3.54. The van der Waals surface area contributed by atoms with Gasteiger partial charge in [0.05, 0.1) is 10.7 Å². The van der Waals surface area contributed by atoms with Crippen molar-refractivity contribution in [3.05, 3.63) is 57.8 Å². The van der Waals surface area contributed by atoms with Gasteiger partial charge in [0.25, 0.3) is 0 Å². The van der Waals surface area contributed by atoms with Gasteiger partial charge in [-0.3, -0.25) is 0 Å². The maximum absolute atomic E-state index is 14.3. The molecule has 0 saturated carbocycles. The minimum Gasteiger partial charge on any atom is -0.398 e. The average Bonchev–Trinajstić information content (AvgIpc) is 2.96. The molecule has 6 heteroatoms. The molecule has 1 saturated heterocycles. The van der Waals surface area contributed by atoms with Crippen molar-refractivity contribution >= 4 is 34.6 Å². The highest BCUT2D eigenvalue weighted by atomic mass is 35.5. The van der Waals surface area contributed by atoms with Gasteiger partial charge in [-0.25, -0.2) is 4.39 Å². The van der Waals surface area contributed by atoms with Gasteiger partial charge in [0.1, 0.15) is 5.82 Å². The number of halogens is 3. The van der Waals surface area contributed by atoms with Crippen molar-refractivity contribution < 1.29 is 4.39 Å². The second kappa shape index (κ2) is 7.18. The molecule has 0 amide bonds. The number of benzene rings is 2. The number of nitrogens with zero attached hydrogens (tertiary/aromatic N) is 2. The van der Waals surface area contributed by atoms with Crippen LogP contribution in [0.15, 0.2) is 36.4 Å². The second-order valence-corrected chi connectivity index (χ2v) is 7.05. The molecule has 1 atom stereocenters. The van der Waals surface area contributed by atoms with Gasteiger partial charge in [-0.1, -0.05) is 29.3 Å². The normalized spacial score (nSPS) is 18.1. The number of anilines is 2. The lowest BCUT2D eigenvalue weighted by atomic mass is 10.1. The Morgan fingerprint density at radius 2 is 2.04 bits per heavy atom. The van der Waals surface area contributed by atoms with Crippen molar-refractivity contribution in [2.24, 2.45) is 0 Å². The summed E-state index contributed by atoms with van der Waals surface area (Å²) in [5.41, 5.74) is 7.79. The molecule has 1 aliphatic heterocycles. The summed E-state index contributed by atoms with van der Waals surface area (Å²) in [4.78, 5) is 4.43. The molecule has 0 spiro atoms. The molecule has 0 bridgehead atoms. The van der Waals surface area contributed by atoms with Crippen molar-refractivity contribution in [2.45, 2.75) is 19.0 Å². The van der Waals surface area contributed by atoms with Crippen molar-refractivity contribution in [1.82, 2.24) is 4.90 Å². The first-order valence-corrected chi connectivity index (χ1v) is 8.64. The van der Waals surface area contributed by atoms with Gasteiger partial charge in [-0.2, -0.15) is 0 Å². The predicted octanol–water partition coefficient (Wildman–Crippen LogP) is 4.43. The number of nitrogen functional groups attached to an aromatic ring is 1. The molecule has 1 aliphatic rings. The molecule has 0 unspecified atom stereocenters. The third-order valence-corrected chi connectivity index (χ3v) is 5.19. The SMILES string of the molecule is CN1CC[C@H](N(Cc2c(F)cccc2Cl)c2ccc(N)c(Cl)c2)C1. The molecular formula is C18H20Cl2FN3. The van der Waals surface area contributed by atoms with E-state index in [0.717, 1.165) is 25.2 Å². The van der Waals surface area contributed by atoms with Crippen LogP contribution in [0.3, 0.4) is 0 Å². The number of hydrogen-bond acceptors (Lipinski definition) is 3. The third-order valence-electron chi connectivity index (χ3n) is 4.51. The minimum absolute atomic E-state index is 0.269. The summed E-state index contributed by atoms with van der Waals surface area (Å²) in [7, 11) is 2.09. The van der Waals surface area contributed by atoms with Crippen molar-refractivity contribution in [2.75, 3.05) is 30.8 Å². The fourth-order valence-electron chi connectivity index (χ4n) is 3.15. The molecule has 1 fully saturated rings. The van der Waals surface area contributed by atoms with Crippen LogP contribution in [0.25, 0.3) is 0 Å². The summed E-state index contributed by atoms with van der Waals surface area (Å²) in [6.45, 7) is 2.31. The Labute approximate surface area is 151 Å². The van der Waals surface area contributed by atoms with E-state index in [1.807, 2.05) is 12.1 Å². The molecule has 0 radical (unpaired) electrons. The molecule has 2 N–H and O–H groups in total. The number of nitrogens with two attached hydrogens (primary N) is 1. The number of likely N-dealkylation sites (N-methyl/N-ethyl adjacent to an activating group) is 1. The van der Waals surface area contributed by atoms with E-state index < -0.39 is 0 Å². The van der Waals surface area contributed by atoms with Crippen molar-refractivity contribution in [1.29, 1.82) is 0 Å². The van der Waals surface area contributed by atoms with E-state index in [9.17, 15) is 4.39 Å². The van der Waals surface area contributed by atoms with E-state index in [1.54, 1.807) is 18.2 Å². The first-order chi connectivity index (χ1) is 11.5. The summed E-state index contributed by atoms with van der Waals surface area (Å²) < 4.78 is 14.3. The lowest BCUT2D eigenvalue weighted by molar-refractivity contribution is 0.407. The van der Waals surface area contributed by atoms with Gasteiger partial charge in [0.15, 0.2) is 0 Å². The standard InChI is InChI=1S/C18H20Cl2FN3/c1-23-8-7-13(10-23)24(12-5-6-18(22)16(20)9-12)11-14-15(19)3-2-4-17(14)21/h2-6,9,13H,7-8,10-11,22H2,1H3/t13-/m0/s1. The van der Waals surface area contributed by atoms with Gasteiger partial charge in [0, 0.05) is 35.4 Å². The Kier molecular flexibility index (Phi) is 5.18. The van der Waals surface area contributed by atoms with Crippen LogP contribution in [0.1, 0.15) is 12.0 Å². The van der Waals surface area contributed by atoms with E-state index in [-0.39, 0.29) is 11.9 Å². The van der Waals surface area contributed by atoms with Crippen LogP contribution in [0.5, 0.6) is 0 Å². The zero-order valence-electron chi connectivity index (χ0n) is 13.5. The van der Waals surface area contributed by atoms with Crippen LogP contribution in [-0.4, -0.2) is 31.1 Å².